The Kier molecular flexibility index (Phi) is 4.50. The molecule has 0 aromatic heterocycles. The maximum absolute atomic E-state index is 13.4. The largest absolute Gasteiger partial charge is 0.469 e. The molecule has 1 aliphatic heterocycles. The zero-order valence-corrected chi connectivity index (χ0v) is 12.2. The van der Waals surface area contributed by atoms with Crippen molar-refractivity contribution in [2.75, 3.05) is 20.2 Å². The normalized spacial score (nSPS) is 18.2. The van der Waals surface area contributed by atoms with Gasteiger partial charge in [0.2, 0.25) is 0 Å². The monoisotopic (exact) mass is 319 g/mol. The number of nitrogens with zero attached hydrogens (tertiary/aromatic N) is 1. The zero-order chi connectivity index (χ0) is 14.9. The van der Waals surface area contributed by atoms with E-state index in [0.717, 1.165) is 6.07 Å². The Morgan fingerprint density at radius 1 is 1.35 bits per heavy atom. The highest BCUT2D eigenvalue weighted by molar-refractivity contribution is 6.36. The van der Waals surface area contributed by atoms with Crippen LogP contribution in [0, 0.1) is 11.7 Å². The molecule has 1 heterocycles. The van der Waals surface area contributed by atoms with Crippen LogP contribution in [0.1, 0.15) is 16.8 Å². The van der Waals surface area contributed by atoms with Crippen molar-refractivity contribution < 1.29 is 18.7 Å². The van der Waals surface area contributed by atoms with Crippen LogP contribution in [0.2, 0.25) is 10.0 Å². The number of methoxy groups -OCH3 is 1. The van der Waals surface area contributed by atoms with E-state index in [4.69, 9.17) is 23.2 Å². The number of carbonyl (C=O) groups excluding carboxylic acids is 2. The van der Waals surface area contributed by atoms with Crippen molar-refractivity contribution in [3.8, 4) is 0 Å². The van der Waals surface area contributed by atoms with E-state index in [9.17, 15) is 14.0 Å². The van der Waals surface area contributed by atoms with Gasteiger partial charge in [0.25, 0.3) is 5.91 Å². The summed E-state index contributed by atoms with van der Waals surface area (Å²) in [5, 5.41) is -0.0525. The number of benzene rings is 1. The van der Waals surface area contributed by atoms with Gasteiger partial charge in [-0.25, -0.2) is 4.39 Å². The number of rotatable bonds is 2. The summed E-state index contributed by atoms with van der Waals surface area (Å²) in [6, 6.07) is 2.21. The third kappa shape index (κ3) is 2.88. The molecule has 108 valence electrons. The molecule has 0 bridgehead atoms. The Balaban J connectivity index is 2.17. The first-order valence-corrected chi connectivity index (χ1v) is 6.71. The van der Waals surface area contributed by atoms with Crippen LogP contribution in [0.25, 0.3) is 0 Å². The number of likely N-dealkylation sites (tertiary alicyclic amines) is 1. The molecule has 0 radical (unpaired) electrons. The van der Waals surface area contributed by atoms with Crippen molar-refractivity contribution >= 4 is 35.1 Å². The predicted molar refractivity (Wildman–Crippen MR) is 72.4 cm³/mol. The van der Waals surface area contributed by atoms with Gasteiger partial charge in [-0.3, -0.25) is 9.59 Å². The molecule has 7 heteroatoms. The summed E-state index contributed by atoms with van der Waals surface area (Å²) in [5.74, 6) is -1.83. The topological polar surface area (TPSA) is 46.6 Å². The van der Waals surface area contributed by atoms with Crippen LogP contribution in [-0.2, 0) is 9.53 Å². The molecule has 1 saturated heterocycles. The second-order valence-electron chi connectivity index (χ2n) is 4.51. The van der Waals surface area contributed by atoms with Crippen molar-refractivity contribution in [3.05, 3.63) is 33.6 Å². The Bertz CT molecular complexity index is 565. The van der Waals surface area contributed by atoms with Crippen LogP contribution >= 0.6 is 23.2 Å². The zero-order valence-electron chi connectivity index (χ0n) is 10.7. The van der Waals surface area contributed by atoms with Gasteiger partial charge in [0.05, 0.1) is 28.6 Å². The summed E-state index contributed by atoms with van der Waals surface area (Å²) in [4.78, 5) is 25.1. The molecule has 0 spiro atoms. The molecule has 0 saturated carbocycles. The number of amides is 1. The van der Waals surface area contributed by atoms with Gasteiger partial charge in [-0.2, -0.15) is 0 Å². The summed E-state index contributed by atoms with van der Waals surface area (Å²) in [7, 11) is 1.30. The van der Waals surface area contributed by atoms with Crippen molar-refractivity contribution in [2.24, 2.45) is 5.92 Å². The summed E-state index contributed by atoms with van der Waals surface area (Å²) in [5.41, 5.74) is 0.0408. The van der Waals surface area contributed by atoms with E-state index in [0.29, 0.717) is 13.0 Å². The van der Waals surface area contributed by atoms with Crippen LogP contribution in [0.15, 0.2) is 12.1 Å². The Morgan fingerprint density at radius 2 is 2.05 bits per heavy atom. The Labute approximate surface area is 125 Å². The molecule has 2 rings (SSSR count). The molecule has 1 atom stereocenters. The molecule has 0 aliphatic carbocycles. The molecule has 20 heavy (non-hydrogen) atoms. The van der Waals surface area contributed by atoms with Gasteiger partial charge < -0.3 is 9.64 Å². The first-order valence-electron chi connectivity index (χ1n) is 5.95. The first-order chi connectivity index (χ1) is 9.43. The summed E-state index contributed by atoms with van der Waals surface area (Å²) in [6.45, 7) is 0.644. The molecule has 1 aromatic carbocycles. The van der Waals surface area contributed by atoms with E-state index in [1.165, 1.54) is 18.1 Å². The second-order valence-corrected chi connectivity index (χ2v) is 5.32. The Hall–Kier alpha value is -1.33. The minimum Gasteiger partial charge on any atom is -0.469 e. The van der Waals surface area contributed by atoms with Gasteiger partial charge in [-0.05, 0) is 18.6 Å². The highest BCUT2D eigenvalue weighted by atomic mass is 35.5. The molecule has 4 nitrogen and oxygen atoms in total. The maximum Gasteiger partial charge on any atom is 0.310 e. The number of esters is 1. The Morgan fingerprint density at radius 3 is 2.70 bits per heavy atom. The lowest BCUT2D eigenvalue weighted by Crippen LogP contribution is -2.30. The van der Waals surface area contributed by atoms with E-state index in [1.807, 2.05) is 0 Å². The van der Waals surface area contributed by atoms with E-state index in [-0.39, 0.29) is 34.0 Å². The molecule has 1 unspecified atom stereocenters. The third-order valence-electron chi connectivity index (χ3n) is 3.25. The minimum atomic E-state index is -0.705. The predicted octanol–water partition coefficient (Wildman–Crippen LogP) is 2.77. The lowest BCUT2D eigenvalue weighted by atomic mass is 10.1. The molecule has 1 amide bonds. The van der Waals surface area contributed by atoms with E-state index < -0.39 is 11.7 Å². The number of hydrogen-bond donors (Lipinski definition) is 0. The fourth-order valence-electron chi connectivity index (χ4n) is 2.16. The quantitative estimate of drug-likeness (QED) is 0.622. The summed E-state index contributed by atoms with van der Waals surface area (Å²) >= 11 is 11.5. The molecule has 0 N–H and O–H groups in total. The third-order valence-corrected chi connectivity index (χ3v) is 3.85. The minimum absolute atomic E-state index is 0.0408. The lowest BCUT2D eigenvalue weighted by Gasteiger charge is -2.17. The van der Waals surface area contributed by atoms with E-state index in [1.54, 1.807) is 0 Å². The highest BCUT2D eigenvalue weighted by Gasteiger charge is 2.33. The van der Waals surface area contributed by atoms with Gasteiger partial charge in [-0.15, -0.1) is 0 Å². The van der Waals surface area contributed by atoms with E-state index in [2.05, 4.69) is 4.74 Å². The van der Waals surface area contributed by atoms with Crippen LogP contribution in [-0.4, -0.2) is 37.0 Å². The number of carbonyl (C=O) groups is 2. The van der Waals surface area contributed by atoms with E-state index >= 15 is 0 Å². The fraction of sp³-hybridized carbons (Fsp3) is 0.385. The molecule has 1 aromatic rings. The summed E-state index contributed by atoms with van der Waals surface area (Å²) < 4.78 is 18.1. The molecular formula is C13H12Cl2FNO3. The van der Waals surface area contributed by atoms with Crippen LogP contribution < -0.4 is 0 Å². The molecular weight excluding hydrogens is 308 g/mol. The number of hydrogen-bond acceptors (Lipinski definition) is 3. The number of halogens is 3. The van der Waals surface area contributed by atoms with Crippen molar-refractivity contribution in [1.82, 2.24) is 4.90 Å². The summed E-state index contributed by atoms with van der Waals surface area (Å²) in [6.07, 6.45) is 0.520. The van der Waals surface area contributed by atoms with Gasteiger partial charge >= 0.3 is 5.97 Å². The van der Waals surface area contributed by atoms with Crippen molar-refractivity contribution in [2.45, 2.75) is 6.42 Å². The number of ether oxygens (including phenoxy) is 1. The first kappa shape index (κ1) is 15.1. The lowest BCUT2D eigenvalue weighted by molar-refractivity contribution is -0.144. The van der Waals surface area contributed by atoms with Gasteiger partial charge in [0.15, 0.2) is 0 Å². The average molecular weight is 320 g/mol. The standard InChI is InChI=1S/C13H12Cl2FNO3/c1-20-13(19)7-2-3-17(6-7)12(18)8-4-11(16)10(15)5-9(8)14/h4-5,7H,2-3,6H2,1H3. The highest BCUT2D eigenvalue weighted by Crippen LogP contribution is 2.27. The van der Waals surface area contributed by atoms with Crippen molar-refractivity contribution in [3.63, 3.8) is 0 Å². The maximum atomic E-state index is 13.4. The fourth-order valence-corrected chi connectivity index (χ4v) is 2.62. The van der Waals surface area contributed by atoms with Gasteiger partial charge in [-0.1, -0.05) is 23.2 Å². The second kappa shape index (κ2) is 5.97. The van der Waals surface area contributed by atoms with Crippen molar-refractivity contribution in [1.29, 1.82) is 0 Å². The van der Waals surface area contributed by atoms with Crippen LogP contribution in [0.3, 0.4) is 0 Å². The van der Waals surface area contributed by atoms with Gasteiger partial charge in [0.1, 0.15) is 5.82 Å². The van der Waals surface area contributed by atoms with Gasteiger partial charge in [0, 0.05) is 13.1 Å². The molecule has 1 fully saturated rings. The van der Waals surface area contributed by atoms with Crippen LogP contribution in [0.5, 0.6) is 0 Å². The SMILES string of the molecule is COC(=O)C1CCN(C(=O)c2cc(F)c(Cl)cc2Cl)C1. The average Bonchev–Trinajstić information content (AvgIpc) is 2.91. The van der Waals surface area contributed by atoms with Crippen LogP contribution in [0.4, 0.5) is 4.39 Å². The smallest absolute Gasteiger partial charge is 0.310 e. The molecule has 1 aliphatic rings.